The van der Waals surface area contributed by atoms with Gasteiger partial charge in [-0.3, -0.25) is 0 Å². The highest BCUT2D eigenvalue weighted by atomic mass is 16.5. The number of ether oxygens (including phenoxy) is 2. The Labute approximate surface area is 120 Å². The summed E-state index contributed by atoms with van der Waals surface area (Å²) in [4.78, 5) is 0. The van der Waals surface area contributed by atoms with Gasteiger partial charge in [-0.05, 0) is 24.6 Å². The molecule has 0 aliphatic heterocycles. The van der Waals surface area contributed by atoms with E-state index >= 15 is 0 Å². The van der Waals surface area contributed by atoms with Crippen molar-refractivity contribution in [2.45, 2.75) is 26.6 Å². The van der Waals surface area contributed by atoms with Gasteiger partial charge in [0.1, 0.15) is 5.75 Å². The van der Waals surface area contributed by atoms with Crippen LogP contribution in [0.4, 0.5) is 0 Å². The molecular formula is C16H24O4. The second-order valence-corrected chi connectivity index (χ2v) is 5.23. The first-order chi connectivity index (χ1) is 9.43. The van der Waals surface area contributed by atoms with E-state index in [1.807, 2.05) is 24.3 Å². The molecule has 0 amide bonds. The number of rotatable bonds is 8. The highest BCUT2D eigenvalue weighted by Crippen LogP contribution is 2.29. The molecule has 1 rings (SSSR count). The van der Waals surface area contributed by atoms with Crippen LogP contribution in [0.15, 0.2) is 36.4 Å². The average molecular weight is 280 g/mol. The molecule has 0 bridgehead atoms. The fraction of sp³-hybridized carbons (Fsp3) is 0.500. The largest absolute Gasteiger partial charge is 0.497 e. The van der Waals surface area contributed by atoms with Crippen LogP contribution in [-0.4, -0.2) is 36.6 Å². The third-order valence-corrected chi connectivity index (χ3v) is 3.74. The molecule has 0 spiro atoms. The zero-order valence-electron chi connectivity index (χ0n) is 12.4. The zero-order chi connectivity index (χ0) is 15.2. The predicted octanol–water partition coefficient (Wildman–Crippen LogP) is 2.15. The number of aliphatic hydroxyl groups excluding tert-OH is 2. The van der Waals surface area contributed by atoms with Crippen molar-refractivity contribution in [3.05, 3.63) is 42.0 Å². The van der Waals surface area contributed by atoms with Crippen molar-refractivity contribution < 1.29 is 19.7 Å². The molecule has 0 aromatic heterocycles. The molecule has 2 atom stereocenters. The van der Waals surface area contributed by atoms with Gasteiger partial charge in [-0.1, -0.05) is 31.2 Å². The van der Waals surface area contributed by atoms with Crippen LogP contribution in [0, 0.1) is 5.41 Å². The molecule has 4 nitrogen and oxygen atoms in total. The summed E-state index contributed by atoms with van der Waals surface area (Å²) in [6, 6.07) is 7.55. The first kappa shape index (κ1) is 16.7. The molecule has 0 saturated carbocycles. The number of benzene rings is 1. The summed E-state index contributed by atoms with van der Waals surface area (Å²) < 4.78 is 10.6. The lowest BCUT2D eigenvalue weighted by Crippen LogP contribution is -2.39. The Morgan fingerprint density at radius 1 is 1.35 bits per heavy atom. The van der Waals surface area contributed by atoms with E-state index in [0.29, 0.717) is 6.61 Å². The molecule has 0 aliphatic carbocycles. The van der Waals surface area contributed by atoms with Gasteiger partial charge in [0.2, 0.25) is 0 Å². The lowest BCUT2D eigenvalue weighted by Gasteiger charge is -2.33. The minimum atomic E-state index is -0.789. The maximum absolute atomic E-state index is 10.1. The van der Waals surface area contributed by atoms with Crippen LogP contribution in [0.3, 0.4) is 0 Å². The van der Waals surface area contributed by atoms with E-state index < -0.39 is 11.5 Å². The molecule has 0 fully saturated rings. The second kappa shape index (κ2) is 7.43. The lowest BCUT2D eigenvalue weighted by molar-refractivity contribution is -0.0443. The Morgan fingerprint density at radius 2 is 1.95 bits per heavy atom. The van der Waals surface area contributed by atoms with Gasteiger partial charge in [0, 0.05) is 5.41 Å². The Morgan fingerprint density at radius 3 is 2.40 bits per heavy atom. The van der Waals surface area contributed by atoms with E-state index in [9.17, 15) is 10.2 Å². The maximum atomic E-state index is 10.1. The van der Waals surface area contributed by atoms with Gasteiger partial charge < -0.3 is 19.7 Å². The predicted molar refractivity (Wildman–Crippen MR) is 78.7 cm³/mol. The molecule has 0 heterocycles. The van der Waals surface area contributed by atoms with Gasteiger partial charge in [-0.15, -0.1) is 0 Å². The van der Waals surface area contributed by atoms with Crippen LogP contribution in [-0.2, 0) is 11.3 Å². The number of aliphatic hydroxyl groups is 2. The summed E-state index contributed by atoms with van der Waals surface area (Å²) in [5, 5.41) is 19.5. The molecule has 0 saturated heterocycles. The Balaban J connectivity index is 2.48. The number of hydrogen-bond acceptors (Lipinski definition) is 4. The van der Waals surface area contributed by atoms with Gasteiger partial charge in [0.15, 0.2) is 0 Å². The van der Waals surface area contributed by atoms with Crippen LogP contribution in [0.2, 0.25) is 0 Å². The van der Waals surface area contributed by atoms with Crippen molar-refractivity contribution in [3.63, 3.8) is 0 Å². The molecule has 1 aromatic carbocycles. The van der Waals surface area contributed by atoms with Crippen molar-refractivity contribution >= 4 is 0 Å². The van der Waals surface area contributed by atoms with Crippen LogP contribution in [0.1, 0.15) is 19.4 Å². The minimum absolute atomic E-state index is 0.149. The lowest BCUT2D eigenvalue weighted by atomic mass is 9.79. The van der Waals surface area contributed by atoms with E-state index in [1.165, 1.54) is 0 Å². The van der Waals surface area contributed by atoms with E-state index in [2.05, 4.69) is 6.58 Å². The normalized spacial score (nSPS) is 15.4. The highest BCUT2D eigenvalue weighted by Gasteiger charge is 2.33. The minimum Gasteiger partial charge on any atom is -0.497 e. The third-order valence-electron chi connectivity index (χ3n) is 3.74. The standard InChI is InChI=1S/C16H24O4/c1-12(2)16(3,11-17)15(18)10-20-9-13-5-7-14(19-4)8-6-13/h5-8,15,17-18H,1,9-11H2,2-4H3/t15-,16-/m1/s1. The summed E-state index contributed by atoms with van der Waals surface area (Å²) in [5.41, 5.74) is 1.000. The van der Waals surface area contributed by atoms with Crippen molar-refractivity contribution in [1.82, 2.24) is 0 Å². The van der Waals surface area contributed by atoms with E-state index in [0.717, 1.165) is 16.9 Å². The average Bonchev–Trinajstić information content (AvgIpc) is 2.46. The van der Waals surface area contributed by atoms with Gasteiger partial charge in [-0.2, -0.15) is 0 Å². The molecule has 20 heavy (non-hydrogen) atoms. The summed E-state index contributed by atoms with van der Waals surface area (Å²) in [7, 11) is 1.62. The van der Waals surface area contributed by atoms with Gasteiger partial charge >= 0.3 is 0 Å². The molecule has 2 N–H and O–H groups in total. The van der Waals surface area contributed by atoms with Crippen molar-refractivity contribution in [2.75, 3.05) is 20.3 Å². The van der Waals surface area contributed by atoms with E-state index in [1.54, 1.807) is 21.0 Å². The smallest absolute Gasteiger partial charge is 0.118 e. The molecule has 0 unspecified atom stereocenters. The molecule has 0 radical (unpaired) electrons. The third kappa shape index (κ3) is 4.07. The quantitative estimate of drug-likeness (QED) is 0.716. The topological polar surface area (TPSA) is 58.9 Å². The molecule has 1 aromatic rings. The monoisotopic (exact) mass is 280 g/mol. The van der Waals surface area contributed by atoms with Gasteiger partial charge in [0.05, 0.1) is 33.0 Å². The summed E-state index contributed by atoms with van der Waals surface area (Å²) in [5.74, 6) is 0.795. The van der Waals surface area contributed by atoms with Crippen LogP contribution in [0.5, 0.6) is 5.75 Å². The van der Waals surface area contributed by atoms with Crippen LogP contribution in [0.25, 0.3) is 0 Å². The highest BCUT2D eigenvalue weighted by molar-refractivity contribution is 5.26. The van der Waals surface area contributed by atoms with Crippen molar-refractivity contribution in [2.24, 2.45) is 5.41 Å². The maximum Gasteiger partial charge on any atom is 0.118 e. The SMILES string of the molecule is C=C(C)[C@@](C)(CO)[C@H](O)COCc1ccc(OC)cc1. The van der Waals surface area contributed by atoms with E-state index in [4.69, 9.17) is 9.47 Å². The summed E-state index contributed by atoms with van der Waals surface area (Å²) in [6.45, 7) is 7.78. The first-order valence-corrected chi connectivity index (χ1v) is 6.59. The molecule has 4 heteroatoms. The fourth-order valence-electron chi connectivity index (χ4n) is 1.72. The number of hydrogen-bond donors (Lipinski definition) is 2. The fourth-order valence-corrected chi connectivity index (χ4v) is 1.72. The first-order valence-electron chi connectivity index (χ1n) is 6.59. The van der Waals surface area contributed by atoms with Gasteiger partial charge in [0.25, 0.3) is 0 Å². The van der Waals surface area contributed by atoms with Crippen LogP contribution < -0.4 is 4.74 Å². The zero-order valence-corrected chi connectivity index (χ0v) is 12.4. The van der Waals surface area contributed by atoms with Crippen LogP contribution >= 0.6 is 0 Å². The number of methoxy groups -OCH3 is 1. The molecule has 0 aliphatic rings. The summed E-state index contributed by atoms with van der Waals surface area (Å²) in [6.07, 6.45) is -0.789. The second-order valence-electron chi connectivity index (χ2n) is 5.23. The van der Waals surface area contributed by atoms with E-state index in [-0.39, 0.29) is 13.2 Å². The Hall–Kier alpha value is -1.36. The van der Waals surface area contributed by atoms with Crippen molar-refractivity contribution in [3.8, 4) is 5.75 Å². The Bertz CT molecular complexity index is 427. The summed E-state index contributed by atoms with van der Waals surface area (Å²) >= 11 is 0. The van der Waals surface area contributed by atoms with Crippen molar-refractivity contribution in [1.29, 1.82) is 0 Å². The van der Waals surface area contributed by atoms with Gasteiger partial charge in [-0.25, -0.2) is 0 Å². The Kier molecular flexibility index (Phi) is 6.20. The molecule has 112 valence electrons. The molecular weight excluding hydrogens is 256 g/mol.